The lowest BCUT2D eigenvalue weighted by Gasteiger charge is -2.04. The van der Waals surface area contributed by atoms with E-state index in [1.165, 1.54) is 38.4 Å². The van der Waals surface area contributed by atoms with Crippen LogP contribution in [0.4, 0.5) is 4.79 Å². The molecule has 0 spiro atoms. The van der Waals surface area contributed by atoms with Gasteiger partial charge in [0.25, 0.3) is 0 Å². The zero-order valence-corrected chi connectivity index (χ0v) is 10.6. The Morgan fingerprint density at radius 3 is 2.41 bits per heavy atom. The highest BCUT2D eigenvalue weighted by atomic mass is 16.7. The number of unbranched alkanes of at least 4 members (excludes halogenated alkanes) is 3. The van der Waals surface area contributed by atoms with E-state index in [0.29, 0.717) is 5.75 Å². The van der Waals surface area contributed by atoms with Gasteiger partial charge in [-0.15, -0.1) is 0 Å². The summed E-state index contributed by atoms with van der Waals surface area (Å²) in [6, 6.07) is 7.58. The normalized spacial score (nSPS) is 10.0. The van der Waals surface area contributed by atoms with Gasteiger partial charge < -0.3 is 9.47 Å². The number of hydrogen-bond acceptors (Lipinski definition) is 3. The van der Waals surface area contributed by atoms with Gasteiger partial charge in [-0.05, 0) is 30.5 Å². The molecule has 3 heteroatoms. The summed E-state index contributed by atoms with van der Waals surface area (Å²) in [7, 11) is 1.30. The topological polar surface area (TPSA) is 35.5 Å². The van der Waals surface area contributed by atoms with E-state index in [9.17, 15) is 4.79 Å². The van der Waals surface area contributed by atoms with Crippen molar-refractivity contribution in [2.45, 2.75) is 39.0 Å². The predicted molar refractivity (Wildman–Crippen MR) is 67.3 cm³/mol. The molecule has 0 aromatic heterocycles. The van der Waals surface area contributed by atoms with Gasteiger partial charge in [0.2, 0.25) is 0 Å². The van der Waals surface area contributed by atoms with Crippen LogP contribution in [0, 0.1) is 0 Å². The Morgan fingerprint density at radius 1 is 1.12 bits per heavy atom. The van der Waals surface area contributed by atoms with Gasteiger partial charge in [-0.3, -0.25) is 0 Å². The van der Waals surface area contributed by atoms with E-state index >= 15 is 0 Å². The molecule has 1 rings (SSSR count). The second kappa shape index (κ2) is 7.71. The molecule has 0 N–H and O–H groups in total. The third-order valence-corrected chi connectivity index (χ3v) is 2.61. The summed E-state index contributed by atoms with van der Waals surface area (Å²) >= 11 is 0. The Labute approximate surface area is 103 Å². The highest BCUT2D eigenvalue weighted by molar-refractivity contribution is 5.63. The Morgan fingerprint density at radius 2 is 1.82 bits per heavy atom. The summed E-state index contributed by atoms with van der Waals surface area (Å²) in [6.45, 7) is 2.21. The van der Waals surface area contributed by atoms with Crippen LogP contribution in [0.5, 0.6) is 5.75 Å². The summed E-state index contributed by atoms with van der Waals surface area (Å²) in [4.78, 5) is 10.9. The highest BCUT2D eigenvalue weighted by Crippen LogP contribution is 2.15. The van der Waals surface area contributed by atoms with E-state index < -0.39 is 6.16 Å². The maximum Gasteiger partial charge on any atom is 0.513 e. The predicted octanol–water partition coefficient (Wildman–Crippen LogP) is 3.95. The molecule has 0 saturated carbocycles. The van der Waals surface area contributed by atoms with Crippen molar-refractivity contribution < 1.29 is 14.3 Å². The van der Waals surface area contributed by atoms with Crippen LogP contribution in [0.1, 0.15) is 38.2 Å². The summed E-state index contributed by atoms with van der Waals surface area (Å²) in [6.07, 6.45) is 5.44. The molecule has 0 heterocycles. The van der Waals surface area contributed by atoms with Crippen molar-refractivity contribution in [2.24, 2.45) is 0 Å². The van der Waals surface area contributed by atoms with Crippen molar-refractivity contribution in [2.75, 3.05) is 7.11 Å². The third kappa shape index (κ3) is 5.38. The van der Waals surface area contributed by atoms with E-state index in [-0.39, 0.29) is 0 Å². The highest BCUT2D eigenvalue weighted by Gasteiger charge is 2.02. The van der Waals surface area contributed by atoms with Crippen molar-refractivity contribution >= 4 is 6.16 Å². The molecule has 17 heavy (non-hydrogen) atoms. The van der Waals surface area contributed by atoms with Crippen molar-refractivity contribution in [1.29, 1.82) is 0 Å². The third-order valence-electron chi connectivity index (χ3n) is 2.61. The lowest BCUT2D eigenvalue weighted by molar-refractivity contribution is 0.121. The largest absolute Gasteiger partial charge is 0.513 e. The molecule has 0 radical (unpaired) electrons. The van der Waals surface area contributed by atoms with Gasteiger partial charge in [0.1, 0.15) is 5.75 Å². The molecule has 0 aliphatic heterocycles. The number of benzene rings is 1. The first kappa shape index (κ1) is 13.6. The monoisotopic (exact) mass is 236 g/mol. The van der Waals surface area contributed by atoms with Crippen LogP contribution in [-0.4, -0.2) is 13.3 Å². The van der Waals surface area contributed by atoms with E-state index in [2.05, 4.69) is 11.7 Å². The average molecular weight is 236 g/mol. The van der Waals surface area contributed by atoms with Gasteiger partial charge in [-0.25, -0.2) is 4.79 Å². The average Bonchev–Trinajstić information content (AvgIpc) is 2.36. The summed E-state index contributed by atoms with van der Waals surface area (Å²) in [5.74, 6) is 0.522. The maximum atomic E-state index is 10.9. The second-order valence-electron chi connectivity index (χ2n) is 4.01. The van der Waals surface area contributed by atoms with Crippen LogP contribution in [-0.2, 0) is 11.2 Å². The molecular formula is C14H20O3. The van der Waals surface area contributed by atoms with E-state index in [1.54, 1.807) is 12.1 Å². The molecule has 94 valence electrons. The fraction of sp³-hybridized carbons (Fsp3) is 0.500. The van der Waals surface area contributed by atoms with Crippen LogP contribution in [0.3, 0.4) is 0 Å². The molecular weight excluding hydrogens is 216 g/mol. The number of methoxy groups -OCH3 is 1. The minimum atomic E-state index is -0.680. The SMILES string of the molecule is CCCCCCc1ccc(OC(=O)OC)cc1. The Balaban J connectivity index is 2.36. The van der Waals surface area contributed by atoms with Gasteiger partial charge in [-0.1, -0.05) is 38.3 Å². The molecule has 0 aliphatic rings. The number of carbonyl (C=O) groups is 1. The van der Waals surface area contributed by atoms with Gasteiger partial charge in [-0.2, -0.15) is 0 Å². The molecule has 0 amide bonds. The molecule has 0 atom stereocenters. The molecule has 0 unspecified atom stereocenters. The molecule has 0 saturated heterocycles. The van der Waals surface area contributed by atoms with E-state index in [0.717, 1.165) is 6.42 Å². The fourth-order valence-electron chi connectivity index (χ4n) is 1.62. The van der Waals surface area contributed by atoms with Crippen molar-refractivity contribution in [3.05, 3.63) is 29.8 Å². The number of ether oxygens (including phenoxy) is 2. The van der Waals surface area contributed by atoms with E-state index in [1.807, 2.05) is 12.1 Å². The lowest BCUT2D eigenvalue weighted by atomic mass is 10.1. The number of hydrogen-bond donors (Lipinski definition) is 0. The molecule has 3 nitrogen and oxygen atoms in total. The van der Waals surface area contributed by atoms with Gasteiger partial charge >= 0.3 is 6.16 Å². The molecule has 0 fully saturated rings. The minimum Gasteiger partial charge on any atom is -0.437 e. The number of rotatable bonds is 6. The summed E-state index contributed by atoms with van der Waals surface area (Å²) in [5.41, 5.74) is 1.28. The van der Waals surface area contributed by atoms with Crippen molar-refractivity contribution in [3.63, 3.8) is 0 Å². The molecule has 1 aromatic carbocycles. The zero-order valence-electron chi connectivity index (χ0n) is 10.6. The van der Waals surface area contributed by atoms with Gasteiger partial charge in [0, 0.05) is 0 Å². The minimum absolute atomic E-state index is 0.522. The molecule has 1 aromatic rings. The molecule has 0 bridgehead atoms. The van der Waals surface area contributed by atoms with Crippen LogP contribution in [0.15, 0.2) is 24.3 Å². The van der Waals surface area contributed by atoms with Crippen LogP contribution in [0.25, 0.3) is 0 Å². The standard InChI is InChI=1S/C14H20O3/c1-3-4-5-6-7-12-8-10-13(11-9-12)17-14(15)16-2/h8-11H,3-7H2,1-2H3. The van der Waals surface area contributed by atoms with Crippen LogP contribution < -0.4 is 4.74 Å². The van der Waals surface area contributed by atoms with Crippen molar-refractivity contribution in [3.8, 4) is 5.75 Å². The first-order valence-corrected chi connectivity index (χ1v) is 6.11. The second-order valence-corrected chi connectivity index (χ2v) is 4.01. The zero-order chi connectivity index (χ0) is 12.5. The first-order chi connectivity index (χ1) is 8.26. The van der Waals surface area contributed by atoms with Crippen LogP contribution >= 0.6 is 0 Å². The lowest BCUT2D eigenvalue weighted by Crippen LogP contribution is -2.07. The maximum absolute atomic E-state index is 10.9. The first-order valence-electron chi connectivity index (χ1n) is 6.11. The van der Waals surface area contributed by atoms with Crippen LogP contribution in [0.2, 0.25) is 0 Å². The number of carbonyl (C=O) groups excluding carboxylic acids is 1. The van der Waals surface area contributed by atoms with Gasteiger partial charge in [0.15, 0.2) is 0 Å². The smallest absolute Gasteiger partial charge is 0.437 e. The summed E-state index contributed by atoms with van der Waals surface area (Å²) < 4.78 is 9.32. The Bertz CT molecular complexity index is 330. The number of aryl methyl sites for hydroxylation is 1. The van der Waals surface area contributed by atoms with E-state index in [4.69, 9.17) is 4.74 Å². The summed E-state index contributed by atoms with van der Waals surface area (Å²) in [5, 5.41) is 0. The fourth-order valence-corrected chi connectivity index (χ4v) is 1.62. The van der Waals surface area contributed by atoms with Gasteiger partial charge in [0.05, 0.1) is 7.11 Å². The quantitative estimate of drug-likeness (QED) is 0.426. The Hall–Kier alpha value is -1.51. The molecule has 0 aliphatic carbocycles. The Kier molecular flexibility index (Phi) is 6.15. The van der Waals surface area contributed by atoms with Crippen molar-refractivity contribution in [1.82, 2.24) is 0 Å².